The van der Waals surface area contributed by atoms with Crippen LogP contribution in [-0.2, 0) is 0 Å². The van der Waals surface area contributed by atoms with Crippen molar-refractivity contribution in [3.8, 4) is 0 Å². The molecule has 0 unspecified atom stereocenters. The Hall–Kier alpha value is -0.700. The molecule has 0 saturated heterocycles. The highest BCUT2D eigenvalue weighted by Gasteiger charge is 2.23. The summed E-state index contributed by atoms with van der Waals surface area (Å²) in [7, 11) is 2.13. The second-order valence-electron chi connectivity index (χ2n) is 3.90. The topological polar surface area (TPSA) is 29.3 Å². The number of rotatable bonds is 2. The van der Waals surface area contributed by atoms with Crippen LogP contribution in [0.25, 0.3) is 0 Å². The van der Waals surface area contributed by atoms with Gasteiger partial charge in [0.1, 0.15) is 0 Å². The zero-order valence-corrected chi connectivity index (χ0v) is 9.92. The minimum absolute atomic E-state index is 0.687. The van der Waals surface area contributed by atoms with Gasteiger partial charge in [-0.25, -0.2) is 0 Å². The van der Waals surface area contributed by atoms with Crippen LogP contribution in [0, 0.1) is 0 Å². The van der Waals surface area contributed by atoms with Crippen molar-refractivity contribution in [2.45, 2.75) is 25.3 Å². The summed E-state index contributed by atoms with van der Waals surface area (Å²) in [5.41, 5.74) is 7.95. The zero-order valence-electron chi connectivity index (χ0n) is 8.33. The van der Waals surface area contributed by atoms with E-state index >= 15 is 0 Å². The molecule has 3 heteroatoms. The standard InChI is InChI=1S/C11H15BrN2/c1-14(9-3-2-4-9)11-7-8(12)5-6-10(11)13/h5-7,9H,2-4,13H2,1H3. The van der Waals surface area contributed by atoms with Crippen LogP contribution in [0.3, 0.4) is 0 Å². The summed E-state index contributed by atoms with van der Waals surface area (Å²) < 4.78 is 1.09. The van der Waals surface area contributed by atoms with E-state index in [0.29, 0.717) is 6.04 Å². The monoisotopic (exact) mass is 254 g/mol. The molecule has 2 N–H and O–H groups in total. The molecular formula is C11H15BrN2. The highest BCUT2D eigenvalue weighted by Crippen LogP contribution is 2.33. The molecule has 1 saturated carbocycles. The summed E-state index contributed by atoms with van der Waals surface area (Å²) in [5.74, 6) is 0. The molecule has 1 aliphatic rings. The molecular weight excluding hydrogens is 240 g/mol. The van der Waals surface area contributed by atoms with Crippen LogP contribution in [-0.4, -0.2) is 13.1 Å². The SMILES string of the molecule is CN(c1cc(Br)ccc1N)C1CCC1. The third-order valence-electron chi connectivity index (χ3n) is 2.99. The smallest absolute Gasteiger partial charge is 0.0611 e. The number of nitrogen functional groups attached to an aromatic ring is 1. The summed E-state index contributed by atoms with van der Waals surface area (Å²) in [6.45, 7) is 0. The highest BCUT2D eigenvalue weighted by atomic mass is 79.9. The normalized spacial score (nSPS) is 16.4. The average Bonchev–Trinajstić information content (AvgIpc) is 2.06. The van der Waals surface area contributed by atoms with Gasteiger partial charge in [0.2, 0.25) is 0 Å². The van der Waals surface area contributed by atoms with E-state index in [9.17, 15) is 0 Å². The first-order chi connectivity index (χ1) is 6.68. The third-order valence-corrected chi connectivity index (χ3v) is 3.49. The van der Waals surface area contributed by atoms with Gasteiger partial charge >= 0.3 is 0 Å². The first kappa shape index (κ1) is 9.84. The molecule has 0 spiro atoms. The lowest BCUT2D eigenvalue weighted by Gasteiger charge is -2.37. The Kier molecular flexibility index (Phi) is 2.68. The van der Waals surface area contributed by atoms with Crippen molar-refractivity contribution in [1.29, 1.82) is 0 Å². The van der Waals surface area contributed by atoms with E-state index in [1.54, 1.807) is 0 Å². The molecule has 1 aromatic carbocycles. The van der Waals surface area contributed by atoms with Crippen molar-refractivity contribution in [2.75, 3.05) is 17.7 Å². The molecule has 0 aliphatic heterocycles. The lowest BCUT2D eigenvalue weighted by Crippen LogP contribution is -2.37. The van der Waals surface area contributed by atoms with E-state index in [1.165, 1.54) is 19.3 Å². The average molecular weight is 255 g/mol. The van der Waals surface area contributed by atoms with Crippen molar-refractivity contribution >= 4 is 27.3 Å². The summed E-state index contributed by atoms with van der Waals surface area (Å²) in [4.78, 5) is 2.30. The summed E-state index contributed by atoms with van der Waals surface area (Å²) in [5, 5.41) is 0. The van der Waals surface area contributed by atoms with E-state index in [4.69, 9.17) is 5.73 Å². The molecule has 0 heterocycles. The van der Waals surface area contributed by atoms with Gasteiger partial charge in [-0.1, -0.05) is 15.9 Å². The number of anilines is 2. The van der Waals surface area contributed by atoms with Crippen molar-refractivity contribution < 1.29 is 0 Å². The highest BCUT2D eigenvalue weighted by molar-refractivity contribution is 9.10. The number of halogens is 1. The lowest BCUT2D eigenvalue weighted by molar-refractivity contribution is 0.401. The van der Waals surface area contributed by atoms with Crippen LogP contribution in [0.15, 0.2) is 22.7 Å². The predicted octanol–water partition coefficient (Wildman–Crippen LogP) is 3.02. The van der Waals surface area contributed by atoms with Crippen LogP contribution >= 0.6 is 15.9 Å². The Morgan fingerprint density at radius 1 is 1.43 bits per heavy atom. The Bertz CT molecular complexity index is 334. The van der Waals surface area contributed by atoms with Crippen molar-refractivity contribution in [1.82, 2.24) is 0 Å². The minimum Gasteiger partial charge on any atom is -0.397 e. The first-order valence-corrected chi connectivity index (χ1v) is 5.75. The predicted molar refractivity (Wildman–Crippen MR) is 64.6 cm³/mol. The number of benzene rings is 1. The van der Waals surface area contributed by atoms with Gasteiger partial charge in [0.25, 0.3) is 0 Å². The molecule has 1 fully saturated rings. The van der Waals surface area contributed by atoms with Gasteiger partial charge in [-0.3, -0.25) is 0 Å². The van der Waals surface area contributed by atoms with Gasteiger partial charge < -0.3 is 10.6 Å². The van der Waals surface area contributed by atoms with E-state index < -0.39 is 0 Å². The maximum atomic E-state index is 5.94. The Labute approximate surface area is 93.2 Å². The second-order valence-corrected chi connectivity index (χ2v) is 4.81. The Morgan fingerprint density at radius 3 is 2.71 bits per heavy atom. The lowest BCUT2D eigenvalue weighted by atomic mass is 9.91. The molecule has 0 amide bonds. The molecule has 2 nitrogen and oxygen atoms in total. The van der Waals surface area contributed by atoms with Crippen molar-refractivity contribution in [3.05, 3.63) is 22.7 Å². The molecule has 0 radical (unpaired) electrons. The largest absolute Gasteiger partial charge is 0.397 e. The fourth-order valence-electron chi connectivity index (χ4n) is 1.79. The van der Waals surface area contributed by atoms with Gasteiger partial charge in [-0.15, -0.1) is 0 Å². The quantitative estimate of drug-likeness (QED) is 0.823. The number of hydrogen-bond acceptors (Lipinski definition) is 2. The van der Waals surface area contributed by atoms with E-state index in [0.717, 1.165) is 15.8 Å². The van der Waals surface area contributed by atoms with Crippen LogP contribution in [0.5, 0.6) is 0 Å². The Balaban J connectivity index is 2.24. The molecule has 1 aliphatic carbocycles. The molecule has 0 aromatic heterocycles. The maximum Gasteiger partial charge on any atom is 0.0611 e. The van der Waals surface area contributed by atoms with Crippen LogP contribution in [0.2, 0.25) is 0 Å². The molecule has 14 heavy (non-hydrogen) atoms. The van der Waals surface area contributed by atoms with Crippen LogP contribution in [0.1, 0.15) is 19.3 Å². The van der Waals surface area contributed by atoms with Crippen molar-refractivity contribution in [3.63, 3.8) is 0 Å². The number of hydrogen-bond donors (Lipinski definition) is 1. The summed E-state index contributed by atoms with van der Waals surface area (Å²) >= 11 is 3.47. The van der Waals surface area contributed by atoms with Crippen molar-refractivity contribution in [2.24, 2.45) is 0 Å². The molecule has 2 rings (SSSR count). The van der Waals surface area contributed by atoms with Gasteiger partial charge in [0.05, 0.1) is 11.4 Å². The Morgan fingerprint density at radius 2 is 2.14 bits per heavy atom. The molecule has 0 bridgehead atoms. The molecule has 1 aromatic rings. The number of nitrogens with two attached hydrogens (primary N) is 1. The fraction of sp³-hybridized carbons (Fsp3) is 0.455. The van der Waals surface area contributed by atoms with Crippen LogP contribution < -0.4 is 10.6 Å². The van der Waals surface area contributed by atoms with E-state index in [1.807, 2.05) is 12.1 Å². The van der Waals surface area contributed by atoms with Crippen LogP contribution in [0.4, 0.5) is 11.4 Å². The van der Waals surface area contributed by atoms with Gasteiger partial charge in [-0.2, -0.15) is 0 Å². The third kappa shape index (κ3) is 1.73. The minimum atomic E-state index is 0.687. The van der Waals surface area contributed by atoms with Gasteiger partial charge in [0, 0.05) is 17.6 Å². The first-order valence-electron chi connectivity index (χ1n) is 4.96. The molecule has 76 valence electrons. The van der Waals surface area contributed by atoms with Gasteiger partial charge in [0.15, 0.2) is 0 Å². The van der Waals surface area contributed by atoms with E-state index in [-0.39, 0.29) is 0 Å². The summed E-state index contributed by atoms with van der Waals surface area (Å²) in [6.07, 6.45) is 3.94. The maximum absolute atomic E-state index is 5.94. The fourth-order valence-corrected chi connectivity index (χ4v) is 2.14. The number of nitrogens with zero attached hydrogens (tertiary/aromatic N) is 1. The zero-order chi connectivity index (χ0) is 10.1. The molecule has 0 atom stereocenters. The second kappa shape index (κ2) is 3.81. The summed E-state index contributed by atoms with van der Waals surface area (Å²) in [6, 6.07) is 6.71. The van der Waals surface area contributed by atoms with E-state index in [2.05, 4.69) is 33.9 Å². The van der Waals surface area contributed by atoms with Gasteiger partial charge in [-0.05, 0) is 37.5 Å².